The van der Waals surface area contributed by atoms with Crippen molar-refractivity contribution in [2.45, 2.75) is 0 Å². The van der Waals surface area contributed by atoms with Crippen LogP contribution in [0.4, 0.5) is 0 Å². The first-order valence-corrected chi connectivity index (χ1v) is 9.24. The molecule has 3 aromatic carbocycles. The first kappa shape index (κ1) is 18.4. The third-order valence-corrected chi connectivity index (χ3v) is 4.67. The maximum Gasteiger partial charge on any atom is 0.252 e. The van der Waals surface area contributed by atoms with Crippen molar-refractivity contribution in [1.82, 2.24) is 10.3 Å². The highest BCUT2D eigenvalue weighted by Gasteiger charge is 2.14. The summed E-state index contributed by atoms with van der Waals surface area (Å²) in [6, 6.07) is 27.3. The lowest BCUT2D eigenvalue weighted by Gasteiger charge is -2.10. The van der Waals surface area contributed by atoms with E-state index in [1.165, 1.54) is 0 Å². The van der Waals surface area contributed by atoms with E-state index in [4.69, 9.17) is 10.7 Å². The normalized spacial score (nSPS) is 10.6. The lowest BCUT2D eigenvalue weighted by molar-refractivity contribution is -0.117. The van der Waals surface area contributed by atoms with E-state index in [0.29, 0.717) is 16.8 Å². The van der Waals surface area contributed by atoms with Crippen LogP contribution in [0, 0.1) is 0 Å². The summed E-state index contributed by atoms with van der Waals surface area (Å²) in [4.78, 5) is 28.4. The number of rotatable bonds is 5. The Kier molecular flexibility index (Phi) is 5.03. The molecule has 0 fully saturated rings. The van der Waals surface area contributed by atoms with Crippen LogP contribution >= 0.6 is 0 Å². The smallest absolute Gasteiger partial charge is 0.252 e. The number of primary amides is 1. The molecule has 4 rings (SSSR count). The molecule has 0 aliphatic carbocycles. The number of pyridine rings is 1. The number of benzene rings is 3. The summed E-state index contributed by atoms with van der Waals surface area (Å²) in [7, 11) is 0. The van der Waals surface area contributed by atoms with Crippen molar-refractivity contribution in [1.29, 1.82) is 0 Å². The lowest BCUT2D eigenvalue weighted by Crippen LogP contribution is -2.33. The van der Waals surface area contributed by atoms with Crippen LogP contribution in [-0.4, -0.2) is 23.3 Å². The molecule has 0 radical (unpaired) electrons. The van der Waals surface area contributed by atoms with Crippen LogP contribution in [0.3, 0.4) is 0 Å². The van der Waals surface area contributed by atoms with Gasteiger partial charge in [-0.3, -0.25) is 9.59 Å². The molecule has 0 aliphatic heterocycles. The van der Waals surface area contributed by atoms with Gasteiger partial charge in [0, 0.05) is 10.9 Å². The second-order valence-corrected chi connectivity index (χ2v) is 6.66. The average molecular weight is 381 g/mol. The van der Waals surface area contributed by atoms with Crippen LogP contribution in [0.2, 0.25) is 0 Å². The highest BCUT2D eigenvalue weighted by molar-refractivity contribution is 6.08. The van der Waals surface area contributed by atoms with Crippen LogP contribution in [0.5, 0.6) is 0 Å². The van der Waals surface area contributed by atoms with Crippen molar-refractivity contribution in [2.24, 2.45) is 5.73 Å². The summed E-state index contributed by atoms with van der Waals surface area (Å²) in [5, 5.41) is 3.28. The number of para-hydroxylation sites is 1. The standard InChI is InChI=1S/C24H19N3O2/c25-23(28)15-26-24(29)20-14-22(27-21-9-5-4-8-19(20)21)18-12-10-17(11-13-18)16-6-2-1-3-7-16/h1-14H,15H2,(H2,25,28)(H,26,29). The molecule has 5 heteroatoms. The number of fused-ring (bicyclic) bond motifs is 1. The Hall–Kier alpha value is -3.99. The Morgan fingerprint density at radius 2 is 1.41 bits per heavy atom. The number of nitrogens with zero attached hydrogens (tertiary/aromatic N) is 1. The molecule has 3 N–H and O–H groups in total. The maximum atomic E-state index is 12.6. The molecule has 0 atom stereocenters. The zero-order valence-corrected chi connectivity index (χ0v) is 15.6. The number of carbonyl (C=O) groups excluding carboxylic acids is 2. The van der Waals surface area contributed by atoms with Crippen molar-refractivity contribution in [3.8, 4) is 22.4 Å². The molecular weight excluding hydrogens is 362 g/mol. The highest BCUT2D eigenvalue weighted by Crippen LogP contribution is 2.27. The molecule has 142 valence electrons. The number of carbonyl (C=O) groups is 2. The van der Waals surface area contributed by atoms with Crippen LogP contribution in [0.25, 0.3) is 33.3 Å². The molecule has 29 heavy (non-hydrogen) atoms. The van der Waals surface area contributed by atoms with Gasteiger partial charge < -0.3 is 11.1 Å². The Morgan fingerprint density at radius 3 is 2.14 bits per heavy atom. The van der Waals surface area contributed by atoms with Gasteiger partial charge in [0.25, 0.3) is 5.91 Å². The van der Waals surface area contributed by atoms with E-state index in [1.54, 1.807) is 6.07 Å². The number of nitrogens with two attached hydrogens (primary N) is 1. The largest absolute Gasteiger partial charge is 0.368 e. The number of aromatic nitrogens is 1. The van der Waals surface area contributed by atoms with E-state index in [0.717, 1.165) is 22.1 Å². The van der Waals surface area contributed by atoms with Gasteiger partial charge in [-0.2, -0.15) is 0 Å². The van der Waals surface area contributed by atoms with E-state index in [1.807, 2.05) is 66.7 Å². The molecule has 0 unspecified atom stereocenters. The molecule has 1 heterocycles. The van der Waals surface area contributed by atoms with E-state index >= 15 is 0 Å². The molecule has 0 aliphatic rings. The van der Waals surface area contributed by atoms with E-state index in [2.05, 4.69) is 17.4 Å². The first-order chi connectivity index (χ1) is 14.1. The third-order valence-electron chi connectivity index (χ3n) is 4.67. The molecule has 0 saturated carbocycles. The summed E-state index contributed by atoms with van der Waals surface area (Å²) < 4.78 is 0. The molecule has 1 aromatic heterocycles. The topological polar surface area (TPSA) is 85.1 Å². The predicted molar refractivity (Wildman–Crippen MR) is 114 cm³/mol. The van der Waals surface area contributed by atoms with Gasteiger partial charge in [-0.15, -0.1) is 0 Å². The average Bonchev–Trinajstić information content (AvgIpc) is 2.77. The van der Waals surface area contributed by atoms with Gasteiger partial charge in [0.2, 0.25) is 5.91 Å². The molecular formula is C24H19N3O2. The predicted octanol–water partition coefficient (Wildman–Crippen LogP) is 3.78. The SMILES string of the molecule is NC(=O)CNC(=O)c1cc(-c2ccc(-c3ccccc3)cc2)nc2ccccc12. The quantitative estimate of drug-likeness (QED) is 0.552. The Morgan fingerprint density at radius 1 is 0.793 bits per heavy atom. The minimum atomic E-state index is -0.589. The Labute approximate surface area is 168 Å². The maximum absolute atomic E-state index is 12.6. The van der Waals surface area contributed by atoms with Crippen molar-refractivity contribution in [3.05, 3.63) is 90.5 Å². The number of nitrogens with one attached hydrogen (secondary N) is 1. The van der Waals surface area contributed by atoms with Gasteiger partial charge in [-0.25, -0.2) is 4.98 Å². The molecule has 2 amide bonds. The fourth-order valence-electron chi connectivity index (χ4n) is 3.24. The Bertz CT molecular complexity index is 1190. The zero-order chi connectivity index (χ0) is 20.2. The van der Waals surface area contributed by atoms with Crippen LogP contribution in [0.1, 0.15) is 10.4 Å². The summed E-state index contributed by atoms with van der Waals surface area (Å²) >= 11 is 0. The molecule has 0 bridgehead atoms. The summed E-state index contributed by atoms with van der Waals surface area (Å²) in [5.74, 6) is -0.946. The zero-order valence-electron chi connectivity index (χ0n) is 15.6. The van der Waals surface area contributed by atoms with Crippen molar-refractivity contribution in [3.63, 3.8) is 0 Å². The van der Waals surface area contributed by atoms with Gasteiger partial charge in [0.05, 0.1) is 23.3 Å². The lowest BCUT2D eigenvalue weighted by atomic mass is 10.0. The third kappa shape index (κ3) is 3.99. The van der Waals surface area contributed by atoms with Crippen LogP contribution in [-0.2, 0) is 4.79 Å². The number of hydrogen-bond donors (Lipinski definition) is 2. The van der Waals surface area contributed by atoms with Gasteiger partial charge in [0.1, 0.15) is 0 Å². The van der Waals surface area contributed by atoms with Crippen molar-refractivity contribution < 1.29 is 9.59 Å². The van der Waals surface area contributed by atoms with E-state index in [-0.39, 0.29) is 12.5 Å². The molecule has 0 saturated heterocycles. The molecule has 5 nitrogen and oxygen atoms in total. The number of hydrogen-bond acceptors (Lipinski definition) is 3. The minimum absolute atomic E-state index is 0.212. The van der Waals surface area contributed by atoms with Gasteiger partial charge in [-0.05, 0) is 23.3 Å². The van der Waals surface area contributed by atoms with E-state index in [9.17, 15) is 9.59 Å². The van der Waals surface area contributed by atoms with Gasteiger partial charge in [0.15, 0.2) is 0 Å². The Balaban J connectivity index is 1.74. The summed E-state index contributed by atoms with van der Waals surface area (Å²) in [6.45, 7) is -0.212. The minimum Gasteiger partial charge on any atom is -0.368 e. The fraction of sp³-hybridized carbons (Fsp3) is 0.0417. The van der Waals surface area contributed by atoms with Crippen LogP contribution in [0.15, 0.2) is 84.9 Å². The molecule has 4 aromatic rings. The fourth-order valence-corrected chi connectivity index (χ4v) is 3.24. The van der Waals surface area contributed by atoms with Crippen LogP contribution < -0.4 is 11.1 Å². The van der Waals surface area contributed by atoms with Gasteiger partial charge in [-0.1, -0.05) is 72.8 Å². The van der Waals surface area contributed by atoms with Gasteiger partial charge >= 0.3 is 0 Å². The summed E-state index contributed by atoms with van der Waals surface area (Å²) in [6.07, 6.45) is 0. The summed E-state index contributed by atoms with van der Waals surface area (Å²) in [5.41, 5.74) is 10.1. The van der Waals surface area contributed by atoms with E-state index < -0.39 is 5.91 Å². The second kappa shape index (κ2) is 7.94. The highest BCUT2D eigenvalue weighted by atomic mass is 16.2. The first-order valence-electron chi connectivity index (χ1n) is 9.24. The molecule has 0 spiro atoms. The van der Waals surface area contributed by atoms with Crippen molar-refractivity contribution in [2.75, 3.05) is 6.54 Å². The van der Waals surface area contributed by atoms with Crippen molar-refractivity contribution >= 4 is 22.7 Å². The second-order valence-electron chi connectivity index (χ2n) is 6.66. The number of amides is 2. The monoisotopic (exact) mass is 381 g/mol.